The Kier molecular flexibility index (Phi) is 4.66. The van der Waals surface area contributed by atoms with Gasteiger partial charge in [0.25, 0.3) is 0 Å². The number of rotatable bonds is 4. The molecule has 114 valence electrons. The summed E-state index contributed by atoms with van der Waals surface area (Å²) < 4.78 is 49.9. The lowest BCUT2D eigenvalue weighted by atomic mass is 10.2. The second-order valence-electron chi connectivity index (χ2n) is 5.05. The summed E-state index contributed by atoms with van der Waals surface area (Å²) in [7, 11) is -6.90. The third kappa shape index (κ3) is 4.27. The molecule has 8 heteroatoms. The molecule has 1 unspecified atom stereocenters. The number of nitriles is 1. The predicted octanol–water partition coefficient (Wildman–Crippen LogP) is 0.608. The Hall–Kier alpha value is -1.43. The largest absolute Gasteiger partial charge is 0.240 e. The number of hydrogen-bond donors (Lipinski definition) is 1. The van der Waals surface area contributed by atoms with Gasteiger partial charge in [0.1, 0.15) is 0 Å². The Balaban J connectivity index is 2.13. The molecule has 0 radical (unpaired) electrons. The quantitative estimate of drug-likeness (QED) is 0.872. The predicted molar refractivity (Wildman–Crippen MR) is 77.8 cm³/mol. The maximum atomic E-state index is 12.2. The van der Waals surface area contributed by atoms with E-state index in [0.717, 1.165) is 5.56 Å². The van der Waals surface area contributed by atoms with Crippen molar-refractivity contribution in [3.05, 3.63) is 29.8 Å². The Labute approximate surface area is 124 Å². The van der Waals surface area contributed by atoms with Gasteiger partial charge < -0.3 is 0 Å². The van der Waals surface area contributed by atoms with Crippen molar-refractivity contribution in [2.75, 3.05) is 11.5 Å². The molecule has 21 heavy (non-hydrogen) atoms. The third-order valence-corrected chi connectivity index (χ3v) is 6.66. The van der Waals surface area contributed by atoms with Gasteiger partial charge in [0.15, 0.2) is 9.84 Å². The van der Waals surface area contributed by atoms with Gasteiger partial charge in [0.2, 0.25) is 10.0 Å². The zero-order valence-electron chi connectivity index (χ0n) is 11.3. The minimum absolute atomic E-state index is 0.0761. The van der Waals surface area contributed by atoms with E-state index in [0.29, 0.717) is 12.8 Å². The molecule has 1 heterocycles. The van der Waals surface area contributed by atoms with Gasteiger partial charge in [-0.2, -0.15) is 5.26 Å². The van der Waals surface area contributed by atoms with Crippen LogP contribution >= 0.6 is 0 Å². The van der Waals surface area contributed by atoms with E-state index in [1.807, 2.05) is 6.07 Å². The molecule has 1 atom stereocenters. The molecule has 0 saturated carbocycles. The average molecular weight is 328 g/mol. The molecular weight excluding hydrogens is 312 g/mol. The molecule has 1 aliphatic rings. The lowest BCUT2D eigenvalue weighted by molar-refractivity contribution is 0.517. The van der Waals surface area contributed by atoms with Crippen molar-refractivity contribution in [1.82, 2.24) is 4.72 Å². The Morgan fingerprint density at radius 2 is 1.95 bits per heavy atom. The van der Waals surface area contributed by atoms with Gasteiger partial charge in [-0.05, 0) is 30.5 Å². The highest BCUT2D eigenvalue weighted by Gasteiger charge is 2.28. The lowest BCUT2D eigenvalue weighted by Gasteiger charge is -2.22. The van der Waals surface area contributed by atoms with Crippen LogP contribution in [0.5, 0.6) is 0 Å². The van der Waals surface area contributed by atoms with Crippen molar-refractivity contribution in [3.8, 4) is 6.07 Å². The van der Waals surface area contributed by atoms with Crippen molar-refractivity contribution in [1.29, 1.82) is 5.26 Å². The summed E-state index contributed by atoms with van der Waals surface area (Å²) in [4.78, 5) is 0.0761. The molecule has 1 aliphatic heterocycles. The summed E-state index contributed by atoms with van der Waals surface area (Å²) >= 11 is 0. The second-order valence-corrected chi connectivity index (χ2v) is 9.00. The van der Waals surface area contributed by atoms with E-state index in [9.17, 15) is 16.8 Å². The summed E-state index contributed by atoms with van der Waals surface area (Å²) in [5.74, 6) is -0.0349. The van der Waals surface area contributed by atoms with Crippen molar-refractivity contribution in [2.45, 2.75) is 30.2 Å². The Bertz CT molecular complexity index is 746. The zero-order valence-corrected chi connectivity index (χ0v) is 13.0. The molecule has 1 aromatic rings. The molecule has 2 rings (SSSR count). The first kappa shape index (κ1) is 15.9. The summed E-state index contributed by atoms with van der Waals surface area (Å²) in [6.07, 6.45) is 1.20. The third-order valence-electron chi connectivity index (χ3n) is 3.30. The van der Waals surface area contributed by atoms with Gasteiger partial charge in [0, 0.05) is 6.04 Å². The van der Waals surface area contributed by atoms with E-state index in [1.54, 1.807) is 12.1 Å². The fraction of sp³-hybridized carbons (Fsp3) is 0.462. The SMILES string of the molecule is N#CCc1ccc(S(=O)(=O)NC2CCCS(=O)(=O)C2)cc1. The smallest absolute Gasteiger partial charge is 0.229 e. The van der Waals surface area contributed by atoms with E-state index >= 15 is 0 Å². The fourth-order valence-electron chi connectivity index (χ4n) is 2.28. The molecule has 0 spiro atoms. The van der Waals surface area contributed by atoms with Crippen LogP contribution in [0.2, 0.25) is 0 Å². The van der Waals surface area contributed by atoms with E-state index in [-0.39, 0.29) is 22.8 Å². The van der Waals surface area contributed by atoms with Gasteiger partial charge in [0.05, 0.1) is 28.9 Å². The maximum Gasteiger partial charge on any atom is 0.240 e. The van der Waals surface area contributed by atoms with Crippen molar-refractivity contribution in [2.24, 2.45) is 0 Å². The van der Waals surface area contributed by atoms with Crippen LogP contribution in [0.15, 0.2) is 29.2 Å². The first-order valence-electron chi connectivity index (χ1n) is 6.51. The molecular formula is C13H16N2O4S2. The van der Waals surface area contributed by atoms with Crippen molar-refractivity contribution in [3.63, 3.8) is 0 Å². The van der Waals surface area contributed by atoms with Gasteiger partial charge in [-0.25, -0.2) is 21.6 Å². The standard InChI is InChI=1S/C13H16N2O4S2/c14-8-7-11-3-5-13(6-4-11)21(18,19)15-12-2-1-9-20(16,17)10-12/h3-6,12,15H,1-2,7,9-10H2. The maximum absolute atomic E-state index is 12.2. The van der Waals surface area contributed by atoms with Crippen LogP contribution in [0.4, 0.5) is 0 Å². The highest BCUT2D eigenvalue weighted by atomic mass is 32.2. The van der Waals surface area contributed by atoms with Crippen LogP contribution in [-0.2, 0) is 26.3 Å². The fourth-order valence-corrected chi connectivity index (χ4v) is 5.29. The molecule has 1 N–H and O–H groups in total. The average Bonchev–Trinajstić information content (AvgIpc) is 2.38. The van der Waals surface area contributed by atoms with Crippen LogP contribution in [-0.4, -0.2) is 34.4 Å². The van der Waals surface area contributed by atoms with E-state index in [1.165, 1.54) is 12.1 Å². The number of nitrogens with one attached hydrogen (secondary N) is 1. The molecule has 1 aromatic carbocycles. The first-order chi connectivity index (χ1) is 9.82. The second kappa shape index (κ2) is 6.13. The Morgan fingerprint density at radius 3 is 2.52 bits per heavy atom. The number of hydrogen-bond acceptors (Lipinski definition) is 5. The molecule has 0 aromatic heterocycles. The summed E-state index contributed by atoms with van der Waals surface area (Å²) in [6.45, 7) is 0. The highest BCUT2D eigenvalue weighted by molar-refractivity contribution is 7.91. The topological polar surface area (TPSA) is 104 Å². The van der Waals surface area contributed by atoms with Crippen molar-refractivity contribution < 1.29 is 16.8 Å². The number of sulfonamides is 1. The van der Waals surface area contributed by atoms with Gasteiger partial charge in [-0.15, -0.1) is 0 Å². The van der Waals surface area contributed by atoms with Crippen LogP contribution < -0.4 is 4.72 Å². The minimum Gasteiger partial charge on any atom is -0.229 e. The summed E-state index contributed by atoms with van der Waals surface area (Å²) in [6, 6.07) is 7.41. The number of nitrogens with zero attached hydrogens (tertiary/aromatic N) is 1. The van der Waals surface area contributed by atoms with Crippen LogP contribution in [0.3, 0.4) is 0 Å². The van der Waals surface area contributed by atoms with Gasteiger partial charge in [-0.1, -0.05) is 12.1 Å². The number of sulfone groups is 1. The van der Waals surface area contributed by atoms with E-state index in [2.05, 4.69) is 4.72 Å². The number of benzene rings is 1. The minimum atomic E-state index is -3.74. The molecule has 0 aliphatic carbocycles. The van der Waals surface area contributed by atoms with E-state index < -0.39 is 25.9 Å². The molecule has 0 amide bonds. The molecule has 6 nitrogen and oxygen atoms in total. The van der Waals surface area contributed by atoms with Gasteiger partial charge >= 0.3 is 0 Å². The van der Waals surface area contributed by atoms with Crippen LogP contribution in [0.25, 0.3) is 0 Å². The monoisotopic (exact) mass is 328 g/mol. The summed E-state index contributed by atoms with van der Waals surface area (Å²) in [5.41, 5.74) is 0.733. The van der Waals surface area contributed by atoms with Crippen molar-refractivity contribution >= 4 is 19.9 Å². The molecule has 0 bridgehead atoms. The highest BCUT2D eigenvalue weighted by Crippen LogP contribution is 2.16. The first-order valence-corrected chi connectivity index (χ1v) is 9.81. The van der Waals surface area contributed by atoms with E-state index in [4.69, 9.17) is 5.26 Å². The Morgan fingerprint density at radius 1 is 1.29 bits per heavy atom. The molecule has 1 saturated heterocycles. The van der Waals surface area contributed by atoms with Crippen LogP contribution in [0.1, 0.15) is 18.4 Å². The molecule has 1 fully saturated rings. The zero-order chi connectivity index (χ0) is 15.5. The normalized spacial score (nSPS) is 21.6. The van der Waals surface area contributed by atoms with Gasteiger partial charge in [-0.3, -0.25) is 0 Å². The summed E-state index contributed by atoms with van der Waals surface area (Å²) in [5, 5.41) is 8.58. The van der Waals surface area contributed by atoms with Crippen LogP contribution in [0, 0.1) is 11.3 Å². The lowest BCUT2D eigenvalue weighted by Crippen LogP contribution is -2.43.